The predicted molar refractivity (Wildman–Crippen MR) is 101 cm³/mol. The van der Waals surface area contributed by atoms with Crippen molar-refractivity contribution in [3.8, 4) is 0 Å². The van der Waals surface area contributed by atoms with Crippen LogP contribution >= 0.6 is 50.5 Å². The summed E-state index contributed by atoms with van der Waals surface area (Å²) < 4.78 is 0. The standard InChI is InChI=1S/C7H14N2O3S2.C4H6O4S2/c8-4(6(10)3-14)1-9-5(2-13)7(11)12;5-3(6)1(9)2(10)4(7)8/h4-5,9,13-14H,1-3,8H2,(H,11,12);1-2,9-10H,(H,5,6)(H,7,8)/t4?,5-;/m0./s1. The molecule has 0 aromatic carbocycles. The summed E-state index contributed by atoms with van der Waals surface area (Å²) in [5.41, 5.74) is 5.45. The Morgan fingerprint density at radius 1 is 0.917 bits per heavy atom. The second kappa shape index (κ2) is 13.7. The molecule has 0 aliphatic carbocycles. The zero-order chi connectivity index (χ0) is 19.4. The topological polar surface area (TPSA) is 167 Å². The summed E-state index contributed by atoms with van der Waals surface area (Å²) in [5, 5.41) is 25.2. The van der Waals surface area contributed by atoms with Crippen LogP contribution in [0, 0.1) is 0 Å². The number of carboxylic acids is 3. The molecule has 0 aromatic rings. The van der Waals surface area contributed by atoms with Crippen molar-refractivity contribution in [2.45, 2.75) is 22.6 Å². The van der Waals surface area contributed by atoms with Gasteiger partial charge in [-0.25, -0.2) is 0 Å². The smallest absolute Gasteiger partial charge is 0.321 e. The maximum atomic E-state index is 11.0. The van der Waals surface area contributed by atoms with Crippen LogP contribution in [-0.2, 0) is 19.2 Å². The Morgan fingerprint density at radius 2 is 1.33 bits per heavy atom. The highest BCUT2D eigenvalue weighted by atomic mass is 32.1. The molecular weight excluding hydrogens is 400 g/mol. The number of aliphatic carboxylic acids is 3. The summed E-state index contributed by atoms with van der Waals surface area (Å²) in [6.45, 7) is 0.122. The van der Waals surface area contributed by atoms with E-state index in [1.54, 1.807) is 0 Å². The molecule has 0 saturated carbocycles. The zero-order valence-corrected chi connectivity index (χ0v) is 15.8. The third-order valence-electron chi connectivity index (χ3n) is 2.44. The predicted octanol–water partition coefficient (Wildman–Crippen LogP) is -1.46. The third kappa shape index (κ3) is 11.0. The molecule has 4 atom stereocenters. The molecule has 0 fully saturated rings. The van der Waals surface area contributed by atoms with E-state index < -0.39 is 40.5 Å². The van der Waals surface area contributed by atoms with Crippen molar-refractivity contribution in [3.05, 3.63) is 0 Å². The van der Waals surface area contributed by atoms with Crippen molar-refractivity contribution in [2.75, 3.05) is 18.1 Å². The van der Waals surface area contributed by atoms with Crippen molar-refractivity contribution in [1.29, 1.82) is 0 Å². The van der Waals surface area contributed by atoms with Crippen LogP contribution in [0.5, 0.6) is 0 Å². The van der Waals surface area contributed by atoms with Crippen molar-refractivity contribution in [3.63, 3.8) is 0 Å². The van der Waals surface area contributed by atoms with Crippen molar-refractivity contribution in [2.24, 2.45) is 5.73 Å². The van der Waals surface area contributed by atoms with Gasteiger partial charge in [-0.1, -0.05) is 0 Å². The van der Waals surface area contributed by atoms with Crippen LogP contribution in [0.2, 0.25) is 0 Å². The van der Waals surface area contributed by atoms with E-state index in [0.717, 1.165) is 0 Å². The molecule has 0 heterocycles. The number of carbonyl (C=O) groups excluding carboxylic acids is 1. The van der Waals surface area contributed by atoms with Crippen molar-refractivity contribution in [1.82, 2.24) is 5.32 Å². The molecule has 0 aliphatic rings. The molecule has 0 saturated heterocycles. The van der Waals surface area contributed by atoms with Gasteiger partial charge in [0.05, 0.1) is 11.8 Å². The summed E-state index contributed by atoms with van der Waals surface area (Å²) in [5.74, 6) is -3.59. The van der Waals surface area contributed by atoms with Gasteiger partial charge >= 0.3 is 17.9 Å². The monoisotopic (exact) mass is 420 g/mol. The fourth-order valence-electron chi connectivity index (χ4n) is 1.00. The zero-order valence-electron chi connectivity index (χ0n) is 12.3. The van der Waals surface area contributed by atoms with Crippen LogP contribution < -0.4 is 11.1 Å². The highest BCUT2D eigenvalue weighted by Gasteiger charge is 2.27. The van der Waals surface area contributed by atoms with E-state index in [0.29, 0.717) is 0 Å². The quantitative estimate of drug-likeness (QED) is 0.192. The fourth-order valence-corrected chi connectivity index (χ4v) is 1.78. The van der Waals surface area contributed by atoms with Crippen LogP contribution in [0.4, 0.5) is 0 Å². The molecule has 13 heteroatoms. The molecule has 0 spiro atoms. The number of Topliss-reactive ketones (excluding diaryl/α,β-unsaturated/α-hetero) is 1. The molecule has 0 radical (unpaired) electrons. The first-order valence-electron chi connectivity index (χ1n) is 6.27. The van der Waals surface area contributed by atoms with Crippen LogP contribution in [0.3, 0.4) is 0 Å². The van der Waals surface area contributed by atoms with E-state index >= 15 is 0 Å². The van der Waals surface area contributed by atoms with Crippen molar-refractivity contribution >= 4 is 74.2 Å². The minimum absolute atomic E-state index is 0.0570. The van der Waals surface area contributed by atoms with Gasteiger partial charge in [0.15, 0.2) is 5.78 Å². The number of carbonyl (C=O) groups is 4. The first-order valence-corrected chi connectivity index (χ1v) is 8.57. The third-order valence-corrected chi connectivity index (χ3v) is 4.39. The molecule has 0 amide bonds. The molecular formula is C11H20N2O7S4. The second-order valence-corrected chi connectivity index (χ2v) is 6.07. The molecule has 6 N–H and O–H groups in total. The number of nitrogens with one attached hydrogen (secondary N) is 1. The van der Waals surface area contributed by atoms with E-state index in [2.05, 4.69) is 55.8 Å². The number of hydrogen-bond acceptors (Lipinski definition) is 10. The van der Waals surface area contributed by atoms with Gasteiger partial charge in [0, 0.05) is 12.3 Å². The molecule has 140 valence electrons. The van der Waals surface area contributed by atoms with Gasteiger partial charge < -0.3 is 26.4 Å². The first kappa shape index (κ1) is 25.6. The Hall–Kier alpha value is -0.600. The number of thiol groups is 4. The molecule has 0 aromatic heterocycles. The van der Waals surface area contributed by atoms with Crippen LogP contribution in [0.1, 0.15) is 0 Å². The van der Waals surface area contributed by atoms with Crippen molar-refractivity contribution < 1.29 is 34.5 Å². The fraction of sp³-hybridized carbons (Fsp3) is 0.636. The molecule has 0 bridgehead atoms. The summed E-state index contributed by atoms with van der Waals surface area (Å²) in [4.78, 5) is 41.6. The number of ketones is 1. The minimum Gasteiger partial charge on any atom is -0.480 e. The number of rotatable bonds is 10. The Balaban J connectivity index is 0. The number of carboxylic acid groups (broad SMARTS) is 3. The molecule has 0 rings (SSSR count). The van der Waals surface area contributed by atoms with Gasteiger partial charge in [0.1, 0.15) is 16.5 Å². The van der Waals surface area contributed by atoms with E-state index in [9.17, 15) is 19.2 Å². The lowest BCUT2D eigenvalue weighted by atomic mass is 10.2. The van der Waals surface area contributed by atoms with E-state index in [4.69, 9.17) is 21.1 Å². The van der Waals surface area contributed by atoms with Gasteiger partial charge in [-0.3, -0.25) is 19.2 Å². The number of nitrogens with two attached hydrogens (primary N) is 1. The summed E-state index contributed by atoms with van der Waals surface area (Å²) in [7, 11) is 0. The minimum atomic E-state index is -1.29. The Morgan fingerprint density at radius 3 is 1.58 bits per heavy atom. The van der Waals surface area contributed by atoms with Crippen LogP contribution in [0.25, 0.3) is 0 Å². The summed E-state index contributed by atoms with van der Waals surface area (Å²) in [6, 6.07) is -1.49. The number of hydrogen-bond donors (Lipinski definition) is 9. The molecule has 9 nitrogen and oxygen atoms in total. The highest BCUT2D eigenvalue weighted by Crippen LogP contribution is 2.08. The Bertz CT molecular complexity index is 434. The van der Waals surface area contributed by atoms with Crippen LogP contribution in [-0.4, -0.2) is 79.6 Å². The maximum Gasteiger partial charge on any atom is 0.321 e. The Kier molecular flexibility index (Phi) is 14.6. The highest BCUT2D eigenvalue weighted by molar-refractivity contribution is 7.86. The van der Waals surface area contributed by atoms with Gasteiger partial charge in [0.25, 0.3) is 0 Å². The van der Waals surface area contributed by atoms with Gasteiger partial charge in [-0.2, -0.15) is 50.5 Å². The largest absolute Gasteiger partial charge is 0.480 e. The SMILES string of the molecule is NC(CN[C@@H](CS)C(=O)O)C(=O)CS.O=C(O)C(S)C(S)C(=O)O. The lowest BCUT2D eigenvalue weighted by molar-refractivity contribution is -0.142. The van der Waals surface area contributed by atoms with Crippen LogP contribution in [0.15, 0.2) is 0 Å². The lowest BCUT2D eigenvalue weighted by Crippen LogP contribution is -2.47. The second-order valence-electron chi connectivity index (χ2n) is 4.28. The van der Waals surface area contributed by atoms with Gasteiger partial charge in [0.2, 0.25) is 0 Å². The average molecular weight is 421 g/mol. The first-order chi connectivity index (χ1) is 11.0. The van der Waals surface area contributed by atoms with Gasteiger partial charge in [-0.15, -0.1) is 0 Å². The molecule has 24 heavy (non-hydrogen) atoms. The average Bonchev–Trinajstić information content (AvgIpc) is 2.52. The van der Waals surface area contributed by atoms with E-state index in [1.165, 1.54) is 0 Å². The maximum absolute atomic E-state index is 11.0. The normalized spacial score (nSPS) is 15.2. The lowest BCUT2D eigenvalue weighted by Gasteiger charge is -2.14. The Labute approximate surface area is 160 Å². The molecule has 3 unspecified atom stereocenters. The summed E-state index contributed by atoms with van der Waals surface area (Å²) in [6.07, 6.45) is 0. The molecule has 0 aliphatic heterocycles. The van der Waals surface area contributed by atoms with E-state index in [-0.39, 0.29) is 23.8 Å². The van der Waals surface area contributed by atoms with E-state index in [1.807, 2.05) is 0 Å². The summed E-state index contributed by atoms with van der Waals surface area (Å²) >= 11 is 14.6. The van der Waals surface area contributed by atoms with Gasteiger partial charge in [-0.05, 0) is 0 Å².